The maximum Gasteiger partial charge on any atom is 0.261 e. The van der Waals surface area contributed by atoms with E-state index in [9.17, 15) is 30.4 Å². The smallest absolute Gasteiger partial charge is 0.261 e. The molecule has 0 saturated heterocycles. The second kappa shape index (κ2) is 5.47. The summed E-state index contributed by atoms with van der Waals surface area (Å²) in [7, 11) is -4.44. The topological polar surface area (TPSA) is 46.2 Å². The summed E-state index contributed by atoms with van der Waals surface area (Å²) in [5, 5.41) is 0. The van der Waals surface area contributed by atoms with Crippen molar-refractivity contribution in [1.82, 2.24) is 0 Å². The lowest BCUT2D eigenvalue weighted by atomic mass is 10.2. The van der Waals surface area contributed by atoms with Gasteiger partial charge >= 0.3 is 0 Å². The van der Waals surface area contributed by atoms with E-state index < -0.39 is 44.8 Å². The molecule has 0 fully saturated rings. The van der Waals surface area contributed by atoms with Gasteiger partial charge in [0, 0.05) is 0 Å². The Morgan fingerprint density at radius 3 is 1.86 bits per heavy atom. The number of nitrogens with one attached hydrogen (secondary N) is 1. The van der Waals surface area contributed by atoms with Crippen LogP contribution in [-0.4, -0.2) is 8.42 Å². The van der Waals surface area contributed by atoms with Gasteiger partial charge in [0.05, 0.1) is 4.91 Å². The van der Waals surface area contributed by atoms with E-state index in [2.05, 4.69) is 0 Å². The van der Waals surface area contributed by atoms with Gasteiger partial charge in [0.2, 0.25) is 5.82 Å². The molecule has 21 heavy (non-hydrogen) atoms. The molecular formula is C12H8F5NO2S. The monoisotopic (exact) mass is 325 g/mol. The van der Waals surface area contributed by atoms with Gasteiger partial charge in [-0.1, -0.05) is 12.2 Å². The molecule has 0 saturated carbocycles. The molecule has 9 heteroatoms. The summed E-state index contributed by atoms with van der Waals surface area (Å²) in [5.74, 6) is -11.3. The molecule has 0 unspecified atom stereocenters. The van der Waals surface area contributed by atoms with E-state index in [0.717, 1.165) is 0 Å². The van der Waals surface area contributed by atoms with E-state index in [1.165, 1.54) is 23.0 Å². The number of rotatable bonds is 3. The van der Waals surface area contributed by atoms with Crippen molar-refractivity contribution in [1.29, 1.82) is 0 Å². The standard InChI is InChI=1S/C12H8F5NO2S/c13-7-8(14)10(16)12(11(17)9(7)15)18-21(19,20)6-4-2-1-3-5-6/h2,4-5,18H,1,3H2. The number of hydrogen-bond donors (Lipinski definition) is 1. The largest absolute Gasteiger partial charge is 0.274 e. The van der Waals surface area contributed by atoms with Crippen molar-refractivity contribution >= 4 is 15.7 Å². The number of hydrogen-bond acceptors (Lipinski definition) is 2. The van der Waals surface area contributed by atoms with Gasteiger partial charge in [-0.3, -0.25) is 4.72 Å². The van der Waals surface area contributed by atoms with Crippen LogP contribution < -0.4 is 4.72 Å². The minimum atomic E-state index is -4.44. The van der Waals surface area contributed by atoms with Crippen LogP contribution in [0.3, 0.4) is 0 Å². The normalized spacial score (nSPS) is 15.0. The predicted octanol–water partition coefficient (Wildman–Crippen LogP) is 3.36. The molecular weight excluding hydrogens is 317 g/mol. The first kappa shape index (κ1) is 15.5. The zero-order valence-corrected chi connectivity index (χ0v) is 11.1. The Balaban J connectivity index is 2.50. The summed E-state index contributed by atoms with van der Waals surface area (Å²) in [6.07, 6.45) is 4.92. The van der Waals surface area contributed by atoms with Crippen molar-refractivity contribution in [3.05, 3.63) is 52.2 Å². The van der Waals surface area contributed by atoms with E-state index in [0.29, 0.717) is 12.8 Å². The van der Waals surface area contributed by atoms with Gasteiger partial charge in [-0.05, 0) is 18.9 Å². The third-order valence-electron chi connectivity index (χ3n) is 2.72. The SMILES string of the molecule is O=S(=O)(Nc1c(F)c(F)c(F)c(F)c1F)C1=CCCC=C1. The Labute approximate surface area is 116 Å². The zero-order chi connectivity index (χ0) is 15.8. The molecule has 0 heterocycles. The number of allylic oxidation sites excluding steroid dienone is 3. The molecule has 0 aromatic heterocycles. The van der Waals surface area contributed by atoms with Gasteiger partial charge in [-0.15, -0.1) is 0 Å². The maximum atomic E-state index is 13.4. The Bertz CT molecular complexity index is 726. The van der Waals surface area contributed by atoms with Crippen LogP contribution in [-0.2, 0) is 10.0 Å². The average Bonchev–Trinajstić information content (AvgIpc) is 2.48. The summed E-state index contributed by atoms with van der Waals surface area (Å²) in [6, 6.07) is 0. The molecule has 0 atom stereocenters. The Morgan fingerprint density at radius 2 is 1.38 bits per heavy atom. The van der Waals surface area contributed by atoms with Crippen LogP contribution in [0, 0.1) is 29.1 Å². The van der Waals surface area contributed by atoms with Crippen molar-refractivity contribution in [2.24, 2.45) is 0 Å². The zero-order valence-electron chi connectivity index (χ0n) is 10.3. The minimum Gasteiger partial charge on any atom is -0.274 e. The number of benzene rings is 1. The fourth-order valence-electron chi connectivity index (χ4n) is 1.68. The van der Waals surface area contributed by atoms with E-state index in [-0.39, 0.29) is 4.91 Å². The number of halogens is 5. The van der Waals surface area contributed by atoms with Crippen LogP contribution in [0.4, 0.5) is 27.6 Å². The van der Waals surface area contributed by atoms with Crippen LogP contribution in [0.15, 0.2) is 23.1 Å². The van der Waals surface area contributed by atoms with Crippen LogP contribution in [0.25, 0.3) is 0 Å². The Hall–Kier alpha value is -1.90. The molecule has 0 spiro atoms. The van der Waals surface area contributed by atoms with E-state index in [4.69, 9.17) is 0 Å². The lowest BCUT2D eigenvalue weighted by Gasteiger charge is -2.13. The molecule has 3 nitrogen and oxygen atoms in total. The highest BCUT2D eigenvalue weighted by atomic mass is 32.2. The van der Waals surface area contributed by atoms with Crippen LogP contribution in [0.5, 0.6) is 0 Å². The van der Waals surface area contributed by atoms with E-state index >= 15 is 0 Å². The number of sulfonamides is 1. The molecule has 1 aromatic carbocycles. The summed E-state index contributed by atoms with van der Waals surface area (Å²) in [5.41, 5.74) is -1.61. The highest BCUT2D eigenvalue weighted by molar-refractivity contribution is 7.96. The Morgan fingerprint density at radius 1 is 0.857 bits per heavy atom. The van der Waals surface area contributed by atoms with Crippen molar-refractivity contribution < 1.29 is 30.4 Å². The molecule has 1 aliphatic rings. The molecule has 0 bridgehead atoms. The predicted molar refractivity (Wildman–Crippen MR) is 65.2 cm³/mol. The third kappa shape index (κ3) is 2.78. The summed E-state index contributed by atoms with van der Waals surface area (Å²) in [6.45, 7) is 0. The third-order valence-corrected chi connectivity index (χ3v) is 4.11. The second-order valence-electron chi connectivity index (χ2n) is 4.14. The summed E-state index contributed by atoms with van der Waals surface area (Å²) in [4.78, 5) is -0.308. The van der Waals surface area contributed by atoms with Crippen molar-refractivity contribution in [2.45, 2.75) is 12.8 Å². The first-order valence-electron chi connectivity index (χ1n) is 5.66. The Kier molecular flexibility index (Phi) is 4.04. The highest BCUT2D eigenvalue weighted by Crippen LogP contribution is 2.29. The van der Waals surface area contributed by atoms with Gasteiger partial charge in [0.25, 0.3) is 10.0 Å². The van der Waals surface area contributed by atoms with Gasteiger partial charge in [0.1, 0.15) is 5.69 Å². The van der Waals surface area contributed by atoms with Crippen molar-refractivity contribution in [2.75, 3.05) is 4.72 Å². The molecule has 114 valence electrons. The van der Waals surface area contributed by atoms with Gasteiger partial charge < -0.3 is 0 Å². The van der Waals surface area contributed by atoms with Gasteiger partial charge in [-0.2, -0.15) is 0 Å². The van der Waals surface area contributed by atoms with Crippen LogP contribution in [0.1, 0.15) is 12.8 Å². The maximum absolute atomic E-state index is 13.4. The van der Waals surface area contributed by atoms with Crippen LogP contribution in [0.2, 0.25) is 0 Å². The second-order valence-corrected chi connectivity index (χ2v) is 5.82. The highest BCUT2D eigenvalue weighted by Gasteiger charge is 2.29. The molecule has 2 rings (SSSR count). The van der Waals surface area contributed by atoms with Gasteiger partial charge in [0.15, 0.2) is 23.3 Å². The lowest BCUT2D eigenvalue weighted by molar-refractivity contribution is 0.382. The van der Waals surface area contributed by atoms with Crippen molar-refractivity contribution in [3.63, 3.8) is 0 Å². The quantitative estimate of drug-likeness (QED) is 0.526. The van der Waals surface area contributed by atoms with Crippen LogP contribution >= 0.6 is 0 Å². The van der Waals surface area contributed by atoms with Crippen molar-refractivity contribution in [3.8, 4) is 0 Å². The fraction of sp³-hybridized carbons (Fsp3) is 0.167. The molecule has 1 N–H and O–H groups in total. The summed E-state index contributed by atoms with van der Waals surface area (Å²) < 4.78 is 90.8. The molecule has 0 aliphatic heterocycles. The lowest BCUT2D eigenvalue weighted by Crippen LogP contribution is -2.18. The fourth-order valence-corrected chi connectivity index (χ4v) is 2.85. The first-order valence-corrected chi connectivity index (χ1v) is 7.15. The summed E-state index contributed by atoms with van der Waals surface area (Å²) >= 11 is 0. The van der Waals surface area contributed by atoms with E-state index in [1.54, 1.807) is 0 Å². The molecule has 1 aliphatic carbocycles. The average molecular weight is 325 g/mol. The van der Waals surface area contributed by atoms with Gasteiger partial charge in [-0.25, -0.2) is 30.4 Å². The minimum absolute atomic E-state index is 0.308. The molecule has 0 radical (unpaired) electrons. The number of anilines is 1. The molecule has 1 aromatic rings. The van der Waals surface area contributed by atoms with E-state index in [1.807, 2.05) is 0 Å². The molecule has 0 amide bonds. The first-order chi connectivity index (χ1) is 9.75.